The highest BCUT2D eigenvalue weighted by molar-refractivity contribution is 6.31. The number of para-hydroxylation sites is 2. The van der Waals surface area contributed by atoms with Gasteiger partial charge in [0.2, 0.25) is 6.10 Å². The molecule has 0 aromatic heterocycles. The Bertz CT molecular complexity index is 776. The van der Waals surface area contributed by atoms with Crippen molar-refractivity contribution >= 4 is 23.2 Å². The molecule has 2 aromatic carbocycles. The van der Waals surface area contributed by atoms with Crippen LogP contribution in [0.2, 0.25) is 5.02 Å². The molecule has 0 aliphatic carbocycles. The number of nitrogens with zero attached hydrogens (tertiary/aromatic N) is 1. The number of amides is 1. The molecule has 1 amide bonds. The van der Waals surface area contributed by atoms with Crippen LogP contribution in [0, 0.1) is 0 Å². The number of halogens is 1. The molecule has 3 rings (SSSR count). The van der Waals surface area contributed by atoms with E-state index in [1.807, 2.05) is 37.3 Å². The first kappa shape index (κ1) is 16.3. The van der Waals surface area contributed by atoms with Crippen molar-refractivity contribution in [1.29, 1.82) is 0 Å². The van der Waals surface area contributed by atoms with Gasteiger partial charge in [-0.2, -0.15) is 5.10 Å². The van der Waals surface area contributed by atoms with Gasteiger partial charge in [0.15, 0.2) is 11.5 Å². The highest BCUT2D eigenvalue weighted by atomic mass is 35.5. The van der Waals surface area contributed by atoms with Gasteiger partial charge in [0.25, 0.3) is 5.91 Å². The van der Waals surface area contributed by atoms with Gasteiger partial charge in [0.1, 0.15) is 6.61 Å². The lowest BCUT2D eigenvalue weighted by molar-refractivity contribution is -0.130. The Hall–Kier alpha value is -2.53. The third-order valence-electron chi connectivity index (χ3n) is 3.59. The third-order valence-corrected chi connectivity index (χ3v) is 3.83. The number of benzene rings is 2. The molecule has 1 aliphatic rings. The van der Waals surface area contributed by atoms with Gasteiger partial charge in [-0.25, -0.2) is 5.43 Å². The highest BCUT2D eigenvalue weighted by Crippen LogP contribution is 2.30. The Morgan fingerprint density at radius 2 is 2.04 bits per heavy atom. The molecule has 24 heavy (non-hydrogen) atoms. The van der Waals surface area contributed by atoms with Gasteiger partial charge in [-0.15, -0.1) is 0 Å². The van der Waals surface area contributed by atoms with Crippen LogP contribution in [-0.2, 0) is 4.79 Å². The Kier molecular flexibility index (Phi) is 5.01. The zero-order chi connectivity index (χ0) is 16.9. The Morgan fingerprint density at radius 3 is 2.79 bits per heavy atom. The Labute approximate surface area is 145 Å². The van der Waals surface area contributed by atoms with E-state index in [0.717, 1.165) is 11.3 Å². The lowest BCUT2D eigenvalue weighted by Crippen LogP contribution is -2.42. The Balaban J connectivity index is 1.68. The third kappa shape index (κ3) is 3.68. The van der Waals surface area contributed by atoms with E-state index in [-0.39, 0.29) is 12.5 Å². The van der Waals surface area contributed by atoms with Crippen LogP contribution in [-0.4, -0.2) is 24.3 Å². The van der Waals surface area contributed by atoms with Gasteiger partial charge in [-0.3, -0.25) is 4.79 Å². The Morgan fingerprint density at radius 1 is 1.25 bits per heavy atom. The second kappa shape index (κ2) is 7.36. The maximum atomic E-state index is 12.3. The predicted molar refractivity (Wildman–Crippen MR) is 92.8 cm³/mol. The average molecular weight is 345 g/mol. The number of hydrogen-bond acceptors (Lipinski definition) is 4. The minimum Gasteiger partial charge on any atom is -0.485 e. The second-order valence-electron chi connectivity index (χ2n) is 5.26. The van der Waals surface area contributed by atoms with Crippen LogP contribution in [0.15, 0.2) is 53.6 Å². The van der Waals surface area contributed by atoms with E-state index in [4.69, 9.17) is 21.1 Å². The monoisotopic (exact) mass is 344 g/mol. The highest BCUT2D eigenvalue weighted by Gasteiger charge is 2.27. The van der Waals surface area contributed by atoms with Gasteiger partial charge >= 0.3 is 0 Å². The molecule has 124 valence electrons. The first-order valence-corrected chi connectivity index (χ1v) is 8.06. The number of fused-ring (bicyclic) bond motifs is 1. The molecule has 1 N–H and O–H groups in total. The van der Waals surface area contributed by atoms with Crippen molar-refractivity contribution in [3.8, 4) is 11.5 Å². The fourth-order valence-electron chi connectivity index (χ4n) is 2.36. The van der Waals surface area contributed by atoms with E-state index in [0.29, 0.717) is 22.9 Å². The molecule has 1 unspecified atom stereocenters. The number of ether oxygens (including phenoxy) is 2. The minimum absolute atomic E-state index is 0.150. The maximum Gasteiger partial charge on any atom is 0.284 e. The molecule has 5 nitrogen and oxygen atoms in total. The normalized spacial score (nSPS) is 16.6. The smallest absolute Gasteiger partial charge is 0.284 e. The molecule has 0 spiro atoms. The van der Waals surface area contributed by atoms with Crippen molar-refractivity contribution in [2.24, 2.45) is 5.10 Å². The van der Waals surface area contributed by atoms with Crippen molar-refractivity contribution in [3.05, 3.63) is 59.1 Å². The molecule has 1 heterocycles. The molecule has 0 saturated heterocycles. The average Bonchev–Trinajstić information content (AvgIpc) is 2.61. The van der Waals surface area contributed by atoms with Crippen LogP contribution < -0.4 is 14.9 Å². The molecule has 0 radical (unpaired) electrons. The maximum absolute atomic E-state index is 12.3. The van der Waals surface area contributed by atoms with Crippen molar-refractivity contribution in [2.75, 3.05) is 6.61 Å². The van der Waals surface area contributed by atoms with E-state index >= 15 is 0 Å². The van der Waals surface area contributed by atoms with Gasteiger partial charge < -0.3 is 9.47 Å². The molecule has 6 heteroatoms. The van der Waals surface area contributed by atoms with Gasteiger partial charge in [0.05, 0.1) is 5.71 Å². The molecule has 2 aromatic rings. The molecule has 1 aliphatic heterocycles. The van der Waals surface area contributed by atoms with Crippen LogP contribution >= 0.6 is 11.6 Å². The van der Waals surface area contributed by atoms with Crippen molar-refractivity contribution in [2.45, 2.75) is 19.4 Å². The van der Waals surface area contributed by atoms with Gasteiger partial charge in [-0.05, 0) is 36.2 Å². The van der Waals surface area contributed by atoms with E-state index in [1.54, 1.807) is 18.2 Å². The SMILES string of the molecule is CC/C(=N\NC(=O)C1COc2ccccc2O1)c1cccc(Cl)c1. The van der Waals surface area contributed by atoms with Gasteiger partial charge in [-0.1, -0.05) is 42.8 Å². The zero-order valence-corrected chi connectivity index (χ0v) is 13.9. The van der Waals surface area contributed by atoms with E-state index in [9.17, 15) is 4.79 Å². The molecular formula is C18H17ClN2O3. The van der Waals surface area contributed by atoms with E-state index < -0.39 is 6.10 Å². The van der Waals surface area contributed by atoms with Gasteiger partial charge in [0, 0.05) is 5.02 Å². The quantitative estimate of drug-likeness (QED) is 0.683. The fraction of sp³-hybridized carbons (Fsp3) is 0.222. The number of carbonyl (C=O) groups is 1. The summed E-state index contributed by atoms with van der Waals surface area (Å²) in [4.78, 5) is 12.3. The summed E-state index contributed by atoms with van der Waals surface area (Å²) in [5, 5.41) is 4.83. The summed E-state index contributed by atoms with van der Waals surface area (Å²) in [6, 6.07) is 14.6. The lowest BCUT2D eigenvalue weighted by Gasteiger charge is -2.24. The summed E-state index contributed by atoms with van der Waals surface area (Å²) in [6.45, 7) is 2.11. The largest absolute Gasteiger partial charge is 0.485 e. The number of hydrazone groups is 1. The van der Waals surface area contributed by atoms with Crippen molar-refractivity contribution in [3.63, 3.8) is 0 Å². The first-order valence-electron chi connectivity index (χ1n) is 7.68. The molecule has 0 bridgehead atoms. The first-order chi connectivity index (χ1) is 11.7. The topological polar surface area (TPSA) is 59.9 Å². The fourth-order valence-corrected chi connectivity index (χ4v) is 2.55. The number of carbonyl (C=O) groups excluding carboxylic acids is 1. The van der Waals surface area contributed by atoms with Crippen LogP contribution in [0.25, 0.3) is 0 Å². The summed E-state index contributed by atoms with van der Waals surface area (Å²) < 4.78 is 11.2. The molecule has 0 saturated carbocycles. The summed E-state index contributed by atoms with van der Waals surface area (Å²) in [7, 11) is 0. The van der Waals surface area contributed by atoms with E-state index in [2.05, 4.69) is 10.5 Å². The van der Waals surface area contributed by atoms with Crippen LogP contribution in [0.3, 0.4) is 0 Å². The molecule has 0 fully saturated rings. The number of rotatable bonds is 4. The summed E-state index contributed by atoms with van der Waals surface area (Å²) >= 11 is 6.00. The number of nitrogens with one attached hydrogen (secondary N) is 1. The molecule has 1 atom stereocenters. The summed E-state index contributed by atoms with van der Waals surface area (Å²) in [5.74, 6) is 0.842. The predicted octanol–water partition coefficient (Wildman–Crippen LogP) is 3.41. The number of hydrogen-bond donors (Lipinski definition) is 1. The molecular weight excluding hydrogens is 328 g/mol. The summed E-state index contributed by atoms with van der Waals surface area (Å²) in [6.07, 6.45) is -0.0769. The van der Waals surface area contributed by atoms with Crippen molar-refractivity contribution < 1.29 is 14.3 Å². The van der Waals surface area contributed by atoms with Crippen molar-refractivity contribution in [1.82, 2.24) is 5.43 Å². The zero-order valence-electron chi connectivity index (χ0n) is 13.2. The lowest BCUT2D eigenvalue weighted by atomic mass is 10.1. The second-order valence-corrected chi connectivity index (χ2v) is 5.70. The summed E-state index contributed by atoms with van der Waals surface area (Å²) in [5.41, 5.74) is 4.16. The van der Waals surface area contributed by atoms with Crippen LogP contribution in [0.5, 0.6) is 11.5 Å². The van der Waals surface area contributed by atoms with Crippen LogP contribution in [0.1, 0.15) is 18.9 Å². The van der Waals surface area contributed by atoms with Crippen LogP contribution in [0.4, 0.5) is 0 Å². The van der Waals surface area contributed by atoms with E-state index in [1.165, 1.54) is 0 Å². The minimum atomic E-state index is -0.735. The standard InChI is InChI=1S/C18H17ClN2O3/c1-2-14(12-6-5-7-13(19)10-12)20-21-18(22)17-11-23-15-8-3-4-9-16(15)24-17/h3-10,17H,2,11H2,1H3,(H,21,22)/b20-14+.